The second-order valence-electron chi connectivity index (χ2n) is 4.44. The molecule has 4 nitrogen and oxygen atoms in total. The third-order valence-electron chi connectivity index (χ3n) is 3.43. The van der Waals surface area contributed by atoms with Gasteiger partial charge in [0.15, 0.2) is 0 Å². The highest BCUT2D eigenvalue weighted by Crippen LogP contribution is 2.31. The molecule has 0 aliphatic carbocycles. The second-order valence-corrected chi connectivity index (χ2v) is 5.75. The lowest BCUT2D eigenvalue weighted by atomic mass is 9.92. The summed E-state index contributed by atoms with van der Waals surface area (Å²) in [5, 5.41) is 21.9. The van der Waals surface area contributed by atoms with Crippen LogP contribution in [0, 0.1) is 11.3 Å². The average molecular weight is 292 g/mol. The van der Waals surface area contributed by atoms with Crippen LogP contribution in [0.4, 0.5) is 5.69 Å². The van der Waals surface area contributed by atoms with Gasteiger partial charge < -0.3 is 10.4 Å². The highest BCUT2D eigenvalue weighted by Gasteiger charge is 2.35. The van der Waals surface area contributed by atoms with Gasteiger partial charge in [0.2, 0.25) is 0 Å². The van der Waals surface area contributed by atoms with Crippen LogP contribution in [0.2, 0.25) is 0 Å². The molecule has 0 atom stereocenters. The van der Waals surface area contributed by atoms with Crippen LogP contribution in [-0.4, -0.2) is 22.4 Å². The van der Waals surface area contributed by atoms with Crippen LogP contribution in [0.5, 0.6) is 0 Å². The van der Waals surface area contributed by atoms with Gasteiger partial charge in [0.1, 0.15) is 11.6 Å². The van der Waals surface area contributed by atoms with E-state index in [-0.39, 0.29) is 0 Å². The Hall–Kier alpha value is -1.67. The zero-order chi connectivity index (χ0) is 15.2. The monoisotopic (exact) mass is 292 g/mol. The van der Waals surface area contributed by atoms with E-state index >= 15 is 0 Å². The number of rotatable bonds is 7. The van der Waals surface area contributed by atoms with Gasteiger partial charge in [0.05, 0.1) is 11.3 Å². The Kier molecular flexibility index (Phi) is 5.90. The van der Waals surface area contributed by atoms with Crippen molar-refractivity contribution in [2.45, 2.75) is 44.0 Å². The number of carbonyl (C=O) groups is 1. The number of aliphatic carboxylic acids is 1. The first kappa shape index (κ1) is 16.4. The molecule has 0 amide bonds. The van der Waals surface area contributed by atoms with Crippen molar-refractivity contribution in [3.63, 3.8) is 0 Å². The van der Waals surface area contributed by atoms with Crippen LogP contribution in [0.15, 0.2) is 23.1 Å². The number of hydrogen-bond donors (Lipinski definition) is 2. The molecule has 1 rings (SSSR count). The smallest absolute Gasteiger partial charge is 0.329 e. The third kappa shape index (κ3) is 3.26. The molecule has 0 unspecified atom stereocenters. The summed E-state index contributed by atoms with van der Waals surface area (Å²) in [6, 6.07) is 7.68. The summed E-state index contributed by atoms with van der Waals surface area (Å²) in [5.41, 5.74) is 0.0881. The predicted molar refractivity (Wildman–Crippen MR) is 82.1 cm³/mol. The van der Waals surface area contributed by atoms with E-state index < -0.39 is 11.5 Å². The Bertz CT molecular complexity index is 519. The van der Waals surface area contributed by atoms with Crippen LogP contribution in [0.1, 0.15) is 39.2 Å². The van der Waals surface area contributed by atoms with Crippen molar-refractivity contribution in [1.29, 1.82) is 5.26 Å². The number of carboxylic acids is 1. The maximum absolute atomic E-state index is 11.5. The molecule has 108 valence electrons. The minimum Gasteiger partial charge on any atom is -0.480 e. The standard InChI is InChI=1S/C15H20N2O2S/c1-4-15(5-2,14(18)19)17-12-8-7-9-13(20-6-3)11(12)10-16/h7-9,17H,4-6H2,1-3H3,(H,18,19). The van der Waals surface area contributed by atoms with Gasteiger partial charge in [-0.1, -0.05) is 26.8 Å². The highest BCUT2D eigenvalue weighted by atomic mass is 32.2. The Morgan fingerprint density at radius 2 is 2.05 bits per heavy atom. The minimum absolute atomic E-state index is 0.453. The fourth-order valence-corrected chi connectivity index (χ4v) is 2.85. The molecule has 5 heteroatoms. The van der Waals surface area contributed by atoms with E-state index in [1.807, 2.05) is 32.9 Å². The first-order valence-corrected chi connectivity index (χ1v) is 7.70. The van der Waals surface area contributed by atoms with E-state index in [0.29, 0.717) is 24.1 Å². The van der Waals surface area contributed by atoms with Crippen molar-refractivity contribution in [3.8, 4) is 6.07 Å². The zero-order valence-corrected chi connectivity index (χ0v) is 12.9. The van der Waals surface area contributed by atoms with E-state index in [1.54, 1.807) is 17.8 Å². The summed E-state index contributed by atoms with van der Waals surface area (Å²) >= 11 is 1.58. The zero-order valence-electron chi connectivity index (χ0n) is 12.1. The Morgan fingerprint density at radius 3 is 2.50 bits per heavy atom. The molecule has 0 aliphatic heterocycles. The van der Waals surface area contributed by atoms with E-state index in [4.69, 9.17) is 0 Å². The van der Waals surface area contributed by atoms with Gasteiger partial charge in [-0.15, -0.1) is 11.8 Å². The topological polar surface area (TPSA) is 73.1 Å². The summed E-state index contributed by atoms with van der Waals surface area (Å²) in [6.45, 7) is 5.69. The van der Waals surface area contributed by atoms with E-state index in [0.717, 1.165) is 10.6 Å². The lowest BCUT2D eigenvalue weighted by Gasteiger charge is -2.30. The predicted octanol–water partition coefficient (Wildman–Crippen LogP) is 3.73. The summed E-state index contributed by atoms with van der Waals surface area (Å²) < 4.78 is 0. The molecule has 0 aromatic heterocycles. The summed E-state index contributed by atoms with van der Waals surface area (Å²) in [6.07, 6.45) is 0.906. The molecule has 0 aliphatic rings. The number of hydrogen-bond acceptors (Lipinski definition) is 4. The van der Waals surface area contributed by atoms with E-state index in [9.17, 15) is 15.2 Å². The number of nitrogens with one attached hydrogen (secondary N) is 1. The number of nitrogens with zero attached hydrogens (tertiary/aromatic N) is 1. The van der Waals surface area contributed by atoms with Gasteiger partial charge in [-0.3, -0.25) is 0 Å². The van der Waals surface area contributed by atoms with Crippen molar-refractivity contribution in [1.82, 2.24) is 0 Å². The summed E-state index contributed by atoms with van der Waals surface area (Å²) in [5.74, 6) is -0.0241. The molecule has 0 bridgehead atoms. The van der Waals surface area contributed by atoms with Crippen LogP contribution in [-0.2, 0) is 4.79 Å². The first-order valence-electron chi connectivity index (χ1n) is 6.72. The lowest BCUT2D eigenvalue weighted by Crippen LogP contribution is -2.45. The maximum Gasteiger partial charge on any atom is 0.329 e. The summed E-state index contributed by atoms with van der Waals surface area (Å²) in [4.78, 5) is 12.4. The third-order valence-corrected chi connectivity index (χ3v) is 4.37. The molecule has 0 saturated heterocycles. The van der Waals surface area contributed by atoms with Gasteiger partial charge >= 0.3 is 5.97 Å². The molecule has 0 heterocycles. The van der Waals surface area contributed by atoms with Gasteiger partial charge in [-0.2, -0.15) is 5.26 Å². The van der Waals surface area contributed by atoms with Crippen LogP contribution >= 0.6 is 11.8 Å². The Morgan fingerprint density at radius 1 is 1.40 bits per heavy atom. The van der Waals surface area contributed by atoms with Gasteiger partial charge in [0.25, 0.3) is 0 Å². The lowest BCUT2D eigenvalue weighted by molar-refractivity contribution is -0.142. The SMILES string of the molecule is CCSc1cccc(NC(CC)(CC)C(=O)O)c1C#N. The normalized spacial score (nSPS) is 10.9. The molecule has 0 radical (unpaired) electrons. The molecule has 20 heavy (non-hydrogen) atoms. The van der Waals surface area contributed by atoms with Gasteiger partial charge in [-0.05, 0) is 30.7 Å². The van der Waals surface area contributed by atoms with Gasteiger partial charge in [-0.25, -0.2) is 4.79 Å². The highest BCUT2D eigenvalue weighted by molar-refractivity contribution is 7.99. The van der Waals surface area contributed by atoms with Crippen molar-refractivity contribution in [2.75, 3.05) is 11.1 Å². The first-order chi connectivity index (χ1) is 9.54. The minimum atomic E-state index is -1.03. The molecule has 2 N–H and O–H groups in total. The van der Waals surface area contributed by atoms with Crippen molar-refractivity contribution >= 4 is 23.4 Å². The largest absolute Gasteiger partial charge is 0.480 e. The Balaban J connectivity index is 3.23. The number of anilines is 1. The average Bonchev–Trinajstić information content (AvgIpc) is 2.45. The number of thioether (sulfide) groups is 1. The molecular weight excluding hydrogens is 272 g/mol. The summed E-state index contributed by atoms with van der Waals surface area (Å²) in [7, 11) is 0. The van der Waals surface area contributed by atoms with E-state index in [2.05, 4.69) is 11.4 Å². The maximum atomic E-state index is 11.5. The fourth-order valence-electron chi connectivity index (χ4n) is 2.07. The van der Waals surface area contributed by atoms with Crippen molar-refractivity contribution in [3.05, 3.63) is 23.8 Å². The van der Waals surface area contributed by atoms with E-state index in [1.165, 1.54) is 0 Å². The van der Waals surface area contributed by atoms with Crippen molar-refractivity contribution < 1.29 is 9.90 Å². The molecule has 0 saturated carbocycles. The van der Waals surface area contributed by atoms with Gasteiger partial charge in [0, 0.05) is 4.90 Å². The molecule has 1 aromatic carbocycles. The quantitative estimate of drug-likeness (QED) is 0.749. The molecule has 1 aromatic rings. The molecule has 0 spiro atoms. The van der Waals surface area contributed by atoms with Crippen LogP contribution in [0.25, 0.3) is 0 Å². The van der Waals surface area contributed by atoms with Crippen molar-refractivity contribution in [2.24, 2.45) is 0 Å². The molecule has 0 fully saturated rings. The number of benzene rings is 1. The van der Waals surface area contributed by atoms with Crippen LogP contribution in [0.3, 0.4) is 0 Å². The number of carboxylic acid groups (broad SMARTS) is 1. The number of nitriles is 1. The fraction of sp³-hybridized carbons (Fsp3) is 0.467. The second kappa shape index (κ2) is 7.20. The Labute approximate surface area is 124 Å². The van der Waals surface area contributed by atoms with Crippen LogP contribution < -0.4 is 5.32 Å². The molecular formula is C15H20N2O2S.